The Morgan fingerprint density at radius 3 is 2.42 bits per heavy atom. The Kier molecular flexibility index (Phi) is 3.76. The number of nitrogens with zero attached hydrogens (tertiary/aromatic N) is 3. The molecule has 0 amide bonds. The van der Waals surface area contributed by atoms with Gasteiger partial charge in [-0.2, -0.15) is 5.26 Å². The van der Waals surface area contributed by atoms with Crippen LogP contribution in [0.5, 0.6) is 5.75 Å². The Morgan fingerprint density at radius 1 is 1.16 bits per heavy atom. The Labute approximate surface area is 112 Å². The fourth-order valence-corrected chi connectivity index (χ4v) is 1.74. The molecule has 0 unspecified atom stereocenters. The molecule has 19 heavy (non-hydrogen) atoms. The third-order valence-electron chi connectivity index (χ3n) is 2.48. The molecule has 0 bridgehead atoms. The molecule has 4 heteroatoms. The van der Waals surface area contributed by atoms with E-state index in [2.05, 4.69) is 9.97 Å². The summed E-state index contributed by atoms with van der Waals surface area (Å²) >= 11 is 0. The predicted octanol–water partition coefficient (Wildman–Crippen LogP) is 3.11. The summed E-state index contributed by atoms with van der Waals surface area (Å²) in [5.74, 6) is 1.02. The highest BCUT2D eigenvalue weighted by atomic mass is 16.5. The number of rotatable bonds is 3. The molecule has 1 heterocycles. The van der Waals surface area contributed by atoms with Crippen molar-refractivity contribution in [2.24, 2.45) is 0 Å². The van der Waals surface area contributed by atoms with E-state index in [1.165, 1.54) is 0 Å². The minimum absolute atomic E-state index is 0.150. The molecule has 4 nitrogen and oxygen atoms in total. The van der Waals surface area contributed by atoms with Crippen LogP contribution in [0.3, 0.4) is 0 Å². The molecule has 2 rings (SSSR count). The number of ether oxygens (including phenoxy) is 1. The Morgan fingerprint density at radius 2 is 1.84 bits per heavy atom. The lowest BCUT2D eigenvalue weighted by atomic mass is 10.1. The van der Waals surface area contributed by atoms with Crippen molar-refractivity contribution in [3.8, 4) is 23.1 Å². The molecule has 0 aliphatic carbocycles. The lowest BCUT2D eigenvalue weighted by Gasteiger charge is -2.10. The molecule has 2 aromatic rings. The van der Waals surface area contributed by atoms with Crippen LogP contribution >= 0.6 is 0 Å². The standard InChI is InChI=1S/C15H15N3O/c1-10(2)19-13-6-4-12(5-7-13)14-8-11(3)17-15(9-16)18-14/h4-8,10H,1-3H3. The minimum atomic E-state index is 0.150. The van der Waals surface area contributed by atoms with E-state index in [0.717, 1.165) is 22.7 Å². The lowest BCUT2D eigenvalue weighted by Crippen LogP contribution is -2.05. The number of benzene rings is 1. The number of nitriles is 1. The molecular formula is C15H15N3O. The van der Waals surface area contributed by atoms with Crippen LogP contribution in [0.25, 0.3) is 11.3 Å². The second-order valence-corrected chi connectivity index (χ2v) is 4.52. The molecule has 96 valence electrons. The first-order valence-electron chi connectivity index (χ1n) is 6.11. The highest BCUT2D eigenvalue weighted by Gasteiger charge is 2.05. The molecule has 0 N–H and O–H groups in total. The zero-order valence-electron chi connectivity index (χ0n) is 11.2. The summed E-state index contributed by atoms with van der Waals surface area (Å²) in [6, 6.07) is 11.5. The first-order valence-corrected chi connectivity index (χ1v) is 6.11. The minimum Gasteiger partial charge on any atom is -0.491 e. The van der Waals surface area contributed by atoms with Crippen molar-refractivity contribution in [3.05, 3.63) is 41.9 Å². The van der Waals surface area contributed by atoms with Crippen molar-refractivity contribution in [1.29, 1.82) is 5.26 Å². The van der Waals surface area contributed by atoms with Crippen LogP contribution < -0.4 is 4.74 Å². The SMILES string of the molecule is Cc1cc(-c2ccc(OC(C)C)cc2)nc(C#N)n1. The highest BCUT2D eigenvalue weighted by molar-refractivity contribution is 5.60. The zero-order chi connectivity index (χ0) is 13.8. The maximum absolute atomic E-state index is 8.88. The van der Waals surface area contributed by atoms with Gasteiger partial charge in [-0.15, -0.1) is 0 Å². The quantitative estimate of drug-likeness (QED) is 0.843. The molecule has 0 aliphatic rings. The average Bonchev–Trinajstić information content (AvgIpc) is 2.38. The summed E-state index contributed by atoms with van der Waals surface area (Å²) in [6.45, 7) is 5.82. The van der Waals surface area contributed by atoms with E-state index in [4.69, 9.17) is 10.00 Å². The van der Waals surface area contributed by atoms with E-state index in [1.807, 2.05) is 57.2 Å². The first kappa shape index (κ1) is 13.0. The van der Waals surface area contributed by atoms with Crippen LogP contribution in [-0.4, -0.2) is 16.1 Å². The number of hydrogen-bond donors (Lipinski definition) is 0. The highest BCUT2D eigenvalue weighted by Crippen LogP contribution is 2.21. The van der Waals surface area contributed by atoms with Gasteiger partial charge in [-0.3, -0.25) is 0 Å². The van der Waals surface area contributed by atoms with E-state index in [0.29, 0.717) is 0 Å². The van der Waals surface area contributed by atoms with Crippen molar-refractivity contribution in [3.63, 3.8) is 0 Å². The predicted molar refractivity (Wildman–Crippen MR) is 72.7 cm³/mol. The molecule has 1 aromatic heterocycles. The Hall–Kier alpha value is -2.41. The fraction of sp³-hybridized carbons (Fsp3) is 0.267. The lowest BCUT2D eigenvalue weighted by molar-refractivity contribution is 0.242. The summed E-state index contributed by atoms with van der Waals surface area (Å²) in [7, 11) is 0. The van der Waals surface area contributed by atoms with Gasteiger partial charge >= 0.3 is 0 Å². The number of aromatic nitrogens is 2. The average molecular weight is 253 g/mol. The van der Waals surface area contributed by atoms with E-state index in [-0.39, 0.29) is 11.9 Å². The van der Waals surface area contributed by atoms with Crippen LogP contribution in [0.15, 0.2) is 30.3 Å². The van der Waals surface area contributed by atoms with Crippen molar-refractivity contribution in [2.75, 3.05) is 0 Å². The van der Waals surface area contributed by atoms with Crippen LogP contribution in [0, 0.1) is 18.3 Å². The van der Waals surface area contributed by atoms with Crippen molar-refractivity contribution >= 4 is 0 Å². The van der Waals surface area contributed by atoms with Gasteiger partial charge in [-0.05, 0) is 51.1 Å². The van der Waals surface area contributed by atoms with Gasteiger partial charge < -0.3 is 4.74 Å². The summed E-state index contributed by atoms with van der Waals surface area (Å²) in [5, 5.41) is 8.88. The van der Waals surface area contributed by atoms with Crippen LogP contribution in [-0.2, 0) is 0 Å². The zero-order valence-corrected chi connectivity index (χ0v) is 11.2. The Bertz CT molecular complexity index is 612. The largest absolute Gasteiger partial charge is 0.491 e. The molecule has 0 saturated carbocycles. The van der Waals surface area contributed by atoms with Gasteiger partial charge in [0, 0.05) is 11.3 Å². The summed E-state index contributed by atoms with van der Waals surface area (Å²) in [6.07, 6.45) is 0.150. The van der Waals surface area contributed by atoms with Crippen molar-refractivity contribution in [2.45, 2.75) is 26.9 Å². The molecule has 0 aliphatic heterocycles. The molecule has 0 atom stereocenters. The summed E-state index contributed by atoms with van der Waals surface area (Å²) in [5.41, 5.74) is 2.47. The maximum atomic E-state index is 8.88. The van der Waals surface area contributed by atoms with E-state index < -0.39 is 0 Å². The topological polar surface area (TPSA) is 58.8 Å². The van der Waals surface area contributed by atoms with Crippen molar-refractivity contribution < 1.29 is 4.74 Å². The van der Waals surface area contributed by atoms with Gasteiger partial charge in [-0.1, -0.05) is 0 Å². The number of aryl methyl sites for hydroxylation is 1. The normalized spacial score (nSPS) is 10.3. The van der Waals surface area contributed by atoms with Crippen LogP contribution in [0.1, 0.15) is 25.4 Å². The number of hydrogen-bond acceptors (Lipinski definition) is 4. The van der Waals surface area contributed by atoms with Crippen molar-refractivity contribution in [1.82, 2.24) is 9.97 Å². The van der Waals surface area contributed by atoms with Gasteiger partial charge in [0.25, 0.3) is 0 Å². The van der Waals surface area contributed by atoms with Gasteiger partial charge in [0.2, 0.25) is 5.82 Å². The van der Waals surface area contributed by atoms with Gasteiger partial charge in [0.1, 0.15) is 11.8 Å². The smallest absolute Gasteiger partial charge is 0.232 e. The summed E-state index contributed by atoms with van der Waals surface area (Å²) < 4.78 is 5.59. The molecule has 0 fully saturated rings. The molecule has 0 spiro atoms. The molecule has 0 saturated heterocycles. The first-order chi connectivity index (χ1) is 9.08. The molecular weight excluding hydrogens is 238 g/mol. The van der Waals surface area contributed by atoms with Crippen LogP contribution in [0.2, 0.25) is 0 Å². The second kappa shape index (κ2) is 5.49. The monoisotopic (exact) mass is 253 g/mol. The van der Waals surface area contributed by atoms with Gasteiger partial charge in [-0.25, -0.2) is 9.97 Å². The Balaban J connectivity index is 2.32. The maximum Gasteiger partial charge on any atom is 0.232 e. The second-order valence-electron chi connectivity index (χ2n) is 4.52. The molecule has 1 aromatic carbocycles. The summed E-state index contributed by atoms with van der Waals surface area (Å²) in [4.78, 5) is 8.24. The third kappa shape index (κ3) is 3.29. The van der Waals surface area contributed by atoms with E-state index in [1.54, 1.807) is 0 Å². The fourth-order valence-electron chi connectivity index (χ4n) is 1.74. The van der Waals surface area contributed by atoms with E-state index >= 15 is 0 Å². The van der Waals surface area contributed by atoms with Gasteiger partial charge in [0.05, 0.1) is 11.8 Å². The molecule has 0 radical (unpaired) electrons. The van der Waals surface area contributed by atoms with E-state index in [9.17, 15) is 0 Å². The van der Waals surface area contributed by atoms with Crippen LogP contribution in [0.4, 0.5) is 0 Å². The third-order valence-corrected chi connectivity index (χ3v) is 2.48. The van der Waals surface area contributed by atoms with Gasteiger partial charge in [0.15, 0.2) is 0 Å².